The van der Waals surface area contributed by atoms with Crippen molar-refractivity contribution in [3.63, 3.8) is 0 Å². The molecular formula is C7H14O3S. The van der Waals surface area contributed by atoms with Crippen molar-refractivity contribution in [2.75, 3.05) is 12.0 Å². The predicted octanol–water partition coefficient (Wildman–Crippen LogP) is 0.965. The van der Waals surface area contributed by atoms with E-state index in [0.717, 1.165) is 5.75 Å². The maximum atomic E-state index is 10.1. The number of aliphatic hydroxyl groups excluding tert-OH is 1. The number of hydrogen-bond acceptors (Lipinski definition) is 3. The van der Waals surface area contributed by atoms with Gasteiger partial charge in [-0.3, -0.25) is 4.79 Å². The zero-order valence-electron chi connectivity index (χ0n) is 6.62. The van der Waals surface area contributed by atoms with Gasteiger partial charge in [0.15, 0.2) is 0 Å². The molecule has 0 aliphatic carbocycles. The normalized spacial score (nSPS) is 12.9. The Hall–Kier alpha value is -0.220. The van der Waals surface area contributed by atoms with Crippen LogP contribution in [0.5, 0.6) is 0 Å². The van der Waals surface area contributed by atoms with E-state index in [1.165, 1.54) is 0 Å². The lowest BCUT2D eigenvalue weighted by molar-refractivity contribution is -0.137. The number of rotatable bonds is 6. The molecule has 0 bridgehead atoms. The van der Waals surface area contributed by atoms with Crippen molar-refractivity contribution in [3.05, 3.63) is 0 Å². The van der Waals surface area contributed by atoms with Gasteiger partial charge in [0.25, 0.3) is 0 Å². The van der Waals surface area contributed by atoms with Crippen LogP contribution in [0.2, 0.25) is 0 Å². The van der Waals surface area contributed by atoms with Crippen molar-refractivity contribution in [1.82, 2.24) is 0 Å². The van der Waals surface area contributed by atoms with Gasteiger partial charge in [-0.25, -0.2) is 0 Å². The van der Waals surface area contributed by atoms with Crippen molar-refractivity contribution in [2.24, 2.45) is 0 Å². The van der Waals surface area contributed by atoms with Crippen LogP contribution in [0.1, 0.15) is 19.3 Å². The monoisotopic (exact) mass is 178 g/mol. The van der Waals surface area contributed by atoms with Gasteiger partial charge < -0.3 is 10.2 Å². The van der Waals surface area contributed by atoms with Crippen molar-refractivity contribution < 1.29 is 15.0 Å². The Morgan fingerprint density at radius 2 is 2.18 bits per heavy atom. The van der Waals surface area contributed by atoms with E-state index in [0.29, 0.717) is 12.8 Å². The summed E-state index contributed by atoms with van der Waals surface area (Å²) >= 11 is 1.66. The summed E-state index contributed by atoms with van der Waals surface area (Å²) in [5, 5.41) is 17.4. The first kappa shape index (κ1) is 10.8. The van der Waals surface area contributed by atoms with Crippen LogP contribution in [0.4, 0.5) is 0 Å². The lowest BCUT2D eigenvalue weighted by atomic mass is 10.1. The molecule has 0 heterocycles. The van der Waals surface area contributed by atoms with Gasteiger partial charge in [0.05, 0.1) is 6.10 Å². The van der Waals surface area contributed by atoms with Crippen LogP contribution in [0.15, 0.2) is 0 Å². The highest BCUT2D eigenvalue weighted by molar-refractivity contribution is 7.98. The van der Waals surface area contributed by atoms with E-state index in [9.17, 15) is 4.79 Å². The summed E-state index contributed by atoms with van der Waals surface area (Å²) in [7, 11) is 0. The van der Waals surface area contributed by atoms with E-state index in [1.807, 2.05) is 6.26 Å². The van der Waals surface area contributed by atoms with E-state index >= 15 is 0 Å². The SMILES string of the molecule is CSCCC(O)CCC(=O)O. The molecule has 3 nitrogen and oxygen atoms in total. The third kappa shape index (κ3) is 7.68. The molecule has 0 aliphatic rings. The summed E-state index contributed by atoms with van der Waals surface area (Å²) in [6, 6.07) is 0. The average molecular weight is 178 g/mol. The number of carboxylic acids is 1. The van der Waals surface area contributed by atoms with Crippen molar-refractivity contribution in [2.45, 2.75) is 25.4 Å². The molecule has 0 aliphatic heterocycles. The Kier molecular flexibility index (Phi) is 6.36. The fraction of sp³-hybridized carbons (Fsp3) is 0.857. The number of aliphatic hydroxyl groups is 1. The zero-order valence-corrected chi connectivity index (χ0v) is 7.43. The van der Waals surface area contributed by atoms with Crippen molar-refractivity contribution in [1.29, 1.82) is 0 Å². The van der Waals surface area contributed by atoms with Crippen LogP contribution < -0.4 is 0 Å². The molecule has 0 aromatic carbocycles. The quantitative estimate of drug-likeness (QED) is 0.636. The number of thioether (sulfide) groups is 1. The number of aliphatic carboxylic acids is 1. The van der Waals surface area contributed by atoms with Crippen LogP contribution in [0.25, 0.3) is 0 Å². The minimum Gasteiger partial charge on any atom is -0.481 e. The van der Waals surface area contributed by atoms with E-state index in [-0.39, 0.29) is 6.42 Å². The third-order valence-electron chi connectivity index (χ3n) is 1.35. The minimum atomic E-state index is -0.840. The van der Waals surface area contributed by atoms with Crippen LogP contribution in [0.3, 0.4) is 0 Å². The Morgan fingerprint density at radius 3 is 2.64 bits per heavy atom. The van der Waals surface area contributed by atoms with E-state index < -0.39 is 12.1 Å². The second kappa shape index (κ2) is 6.49. The van der Waals surface area contributed by atoms with Gasteiger partial charge in [-0.1, -0.05) is 0 Å². The molecule has 66 valence electrons. The summed E-state index contributed by atoms with van der Waals surface area (Å²) in [5.41, 5.74) is 0. The van der Waals surface area contributed by atoms with Crippen LogP contribution >= 0.6 is 11.8 Å². The van der Waals surface area contributed by atoms with E-state index in [4.69, 9.17) is 10.2 Å². The first-order chi connectivity index (χ1) is 5.16. The maximum Gasteiger partial charge on any atom is 0.303 e. The summed E-state index contributed by atoms with van der Waals surface area (Å²) in [5.74, 6) is 0.0500. The van der Waals surface area contributed by atoms with Crippen LogP contribution in [-0.2, 0) is 4.79 Å². The predicted molar refractivity (Wildman–Crippen MR) is 45.9 cm³/mol. The molecular weight excluding hydrogens is 164 g/mol. The Bertz CT molecular complexity index is 116. The molecule has 1 atom stereocenters. The van der Waals surface area contributed by atoms with Crippen molar-refractivity contribution >= 4 is 17.7 Å². The first-order valence-electron chi connectivity index (χ1n) is 3.55. The van der Waals surface area contributed by atoms with E-state index in [2.05, 4.69) is 0 Å². The van der Waals surface area contributed by atoms with Crippen molar-refractivity contribution in [3.8, 4) is 0 Å². The first-order valence-corrected chi connectivity index (χ1v) is 4.95. The molecule has 4 heteroatoms. The fourth-order valence-corrected chi connectivity index (χ4v) is 1.20. The standard InChI is InChI=1S/C7H14O3S/c1-11-5-4-6(8)2-3-7(9)10/h6,8H,2-5H2,1H3,(H,9,10). The summed E-state index contributed by atoms with van der Waals surface area (Å²) in [6.07, 6.45) is 2.64. The largest absolute Gasteiger partial charge is 0.481 e. The molecule has 0 rings (SSSR count). The molecule has 0 aromatic rings. The Labute approximate surface area is 70.8 Å². The van der Waals surface area contributed by atoms with Crippen LogP contribution in [0, 0.1) is 0 Å². The van der Waals surface area contributed by atoms with E-state index in [1.54, 1.807) is 11.8 Å². The van der Waals surface area contributed by atoms with Gasteiger partial charge in [-0.05, 0) is 24.9 Å². The highest BCUT2D eigenvalue weighted by Gasteiger charge is 2.05. The highest BCUT2D eigenvalue weighted by atomic mass is 32.2. The maximum absolute atomic E-state index is 10.1. The van der Waals surface area contributed by atoms with Gasteiger partial charge in [0.1, 0.15) is 0 Å². The Balaban J connectivity index is 3.22. The molecule has 0 saturated heterocycles. The van der Waals surface area contributed by atoms with Gasteiger partial charge in [-0.15, -0.1) is 0 Å². The summed E-state index contributed by atoms with van der Waals surface area (Å²) in [6.45, 7) is 0. The molecule has 0 radical (unpaired) electrons. The van der Waals surface area contributed by atoms with Gasteiger partial charge >= 0.3 is 5.97 Å². The molecule has 0 spiro atoms. The lowest BCUT2D eigenvalue weighted by Crippen LogP contribution is -2.10. The number of carboxylic acid groups (broad SMARTS) is 1. The smallest absolute Gasteiger partial charge is 0.303 e. The number of carbonyl (C=O) groups is 1. The zero-order chi connectivity index (χ0) is 8.69. The van der Waals surface area contributed by atoms with Gasteiger partial charge in [0.2, 0.25) is 0 Å². The molecule has 11 heavy (non-hydrogen) atoms. The number of hydrogen-bond donors (Lipinski definition) is 2. The Morgan fingerprint density at radius 1 is 1.55 bits per heavy atom. The molecule has 0 amide bonds. The molecule has 0 aromatic heterocycles. The molecule has 0 saturated carbocycles. The fourth-order valence-electron chi connectivity index (χ4n) is 0.688. The second-order valence-electron chi connectivity index (χ2n) is 2.37. The molecule has 2 N–H and O–H groups in total. The second-order valence-corrected chi connectivity index (χ2v) is 3.35. The average Bonchev–Trinajstić information content (AvgIpc) is 1.97. The topological polar surface area (TPSA) is 57.5 Å². The van der Waals surface area contributed by atoms with Crippen LogP contribution in [-0.4, -0.2) is 34.3 Å². The third-order valence-corrected chi connectivity index (χ3v) is 1.99. The summed E-state index contributed by atoms with van der Waals surface area (Å²) in [4.78, 5) is 10.1. The molecule has 0 fully saturated rings. The lowest BCUT2D eigenvalue weighted by Gasteiger charge is -2.06. The minimum absolute atomic E-state index is 0.0650. The molecule has 1 unspecified atom stereocenters. The summed E-state index contributed by atoms with van der Waals surface area (Å²) < 4.78 is 0. The van der Waals surface area contributed by atoms with Gasteiger partial charge in [-0.2, -0.15) is 11.8 Å². The highest BCUT2D eigenvalue weighted by Crippen LogP contribution is 2.05. The van der Waals surface area contributed by atoms with Gasteiger partial charge in [0, 0.05) is 6.42 Å².